The van der Waals surface area contributed by atoms with Gasteiger partial charge in [-0.15, -0.1) is 0 Å². The van der Waals surface area contributed by atoms with Crippen LogP contribution in [0.4, 0.5) is 5.69 Å². The van der Waals surface area contributed by atoms with Gasteiger partial charge in [0.2, 0.25) is 0 Å². The molecule has 5 heteroatoms. The van der Waals surface area contributed by atoms with Gasteiger partial charge in [-0.3, -0.25) is 4.79 Å². The highest BCUT2D eigenvalue weighted by Crippen LogP contribution is 2.10. The molecule has 0 spiro atoms. The summed E-state index contributed by atoms with van der Waals surface area (Å²) >= 11 is 3.35. The molecule has 0 aliphatic rings. The van der Waals surface area contributed by atoms with Crippen LogP contribution < -0.4 is 11.2 Å². The van der Waals surface area contributed by atoms with Crippen molar-refractivity contribution >= 4 is 33.7 Å². The Labute approximate surface area is 119 Å². The summed E-state index contributed by atoms with van der Waals surface area (Å²) in [5.74, 6) is -0.327. The lowest BCUT2D eigenvalue weighted by Crippen LogP contribution is -2.18. The number of carbonyl (C=O) groups excluding carboxylic acids is 1. The minimum absolute atomic E-state index is 0.327. The van der Waals surface area contributed by atoms with E-state index in [0.717, 1.165) is 10.0 Å². The van der Waals surface area contributed by atoms with Crippen molar-refractivity contribution in [3.8, 4) is 0 Å². The second-order valence-electron chi connectivity index (χ2n) is 3.84. The smallest absolute Gasteiger partial charge is 0.273 e. The SMILES string of the molecule is Nc1ccccc1C(=O)N/N=C\c1ccc(Br)cc1. The van der Waals surface area contributed by atoms with Crippen LogP contribution in [0, 0.1) is 0 Å². The highest BCUT2D eigenvalue weighted by Gasteiger charge is 2.06. The standard InChI is InChI=1S/C14H12BrN3O/c15-11-7-5-10(6-8-11)9-17-18-14(19)12-3-1-2-4-13(12)16/h1-9H,16H2,(H,18,19)/b17-9-. The number of carbonyl (C=O) groups is 1. The molecule has 0 saturated heterocycles. The number of hydrazone groups is 1. The lowest BCUT2D eigenvalue weighted by molar-refractivity contribution is 0.0956. The Morgan fingerprint density at radius 1 is 1.16 bits per heavy atom. The second kappa shape index (κ2) is 6.15. The highest BCUT2D eigenvalue weighted by molar-refractivity contribution is 9.10. The summed E-state index contributed by atoms with van der Waals surface area (Å²) in [4.78, 5) is 11.8. The molecule has 0 atom stereocenters. The van der Waals surface area contributed by atoms with Gasteiger partial charge in [-0.25, -0.2) is 5.43 Å². The first kappa shape index (κ1) is 13.3. The number of hydrogen-bond donors (Lipinski definition) is 2. The molecular formula is C14H12BrN3O. The average Bonchev–Trinajstić information content (AvgIpc) is 2.41. The van der Waals surface area contributed by atoms with E-state index in [9.17, 15) is 4.79 Å². The van der Waals surface area contributed by atoms with E-state index in [4.69, 9.17) is 5.73 Å². The topological polar surface area (TPSA) is 67.5 Å². The summed E-state index contributed by atoms with van der Waals surface area (Å²) < 4.78 is 0.991. The zero-order valence-electron chi connectivity index (χ0n) is 10.0. The van der Waals surface area contributed by atoms with E-state index in [1.54, 1.807) is 30.5 Å². The zero-order chi connectivity index (χ0) is 13.7. The van der Waals surface area contributed by atoms with Crippen molar-refractivity contribution in [3.63, 3.8) is 0 Å². The van der Waals surface area contributed by atoms with Crippen molar-refractivity contribution in [1.29, 1.82) is 0 Å². The van der Waals surface area contributed by atoms with Gasteiger partial charge >= 0.3 is 0 Å². The van der Waals surface area contributed by atoms with Crippen molar-refractivity contribution < 1.29 is 4.79 Å². The van der Waals surface area contributed by atoms with Crippen LogP contribution in [-0.4, -0.2) is 12.1 Å². The molecule has 19 heavy (non-hydrogen) atoms. The van der Waals surface area contributed by atoms with Gasteiger partial charge in [0.25, 0.3) is 5.91 Å². The molecule has 0 unspecified atom stereocenters. The Balaban J connectivity index is 2.01. The molecule has 2 aromatic carbocycles. The number of halogens is 1. The van der Waals surface area contributed by atoms with E-state index in [1.807, 2.05) is 24.3 Å². The maximum absolute atomic E-state index is 11.8. The number of nitrogens with zero attached hydrogens (tertiary/aromatic N) is 1. The quantitative estimate of drug-likeness (QED) is 0.519. The number of anilines is 1. The average molecular weight is 318 g/mol. The van der Waals surface area contributed by atoms with Crippen LogP contribution in [0.15, 0.2) is 58.1 Å². The maximum Gasteiger partial charge on any atom is 0.273 e. The molecule has 0 aliphatic carbocycles. The van der Waals surface area contributed by atoms with Gasteiger partial charge < -0.3 is 5.73 Å². The van der Waals surface area contributed by atoms with E-state index >= 15 is 0 Å². The highest BCUT2D eigenvalue weighted by atomic mass is 79.9. The molecule has 0 fully saturated rings. The summed E-state index contributed by atoms with van der Waals surface area (Å²) in [6, 6.07) is 14.4. The first-order chi connectivity index (χ1) is 9.16. The molecule has 4 nitrogen and oxygen atoms in total. The Morgan fingerprint density at radius 3 is 2.53 bits per heavy atom. The van der Waals surface area contributed by atoms with E-state index in [2.05, 4.69) is 26.5 Å². The molecular weight excluding hydrogens is 306 g/mol. The molecule has 3 N–H and O–H groups in total. The van der Waals surface area contributed by atoms with E-state index in [1.165, 1.54) is 0 Å². The van der Waals surface area contributed by atoms with Gasteiger partial charge in [-0.2, -0.15) is 5.10 Å². The number of nitrogen functional groups attached to an aromatic ring is 1. The second-order valence-corrected chi connectivity index (χ2v) is 4.75. The molecule has 2 aromatic rings. The molecule has 0 saturated carbocycles. The van der Waals surface area contributed by atoms with Gasteiger partial charge in [0.15, 0.2) is 0 Å². The van der Waals surface area contributed by atoms with Crippen LogP contribution in [-0.2, 0) is 0 Å². The van der Waals surface area contributed by atoms with Crippen LogP contribution in [0.3, 0.4) is 0 Å². The van der Waals surface area contributed by atoms with Crippen LogP contribution in [0.25, 0.3) is 0 Å². The molecule has 0 aliphatic heterocycles. The fourth-order valence-corrected chi connectivity index (χ4v) is 1.74. The predicted octanol–water partition coefficient (Wildman–Crippen LogP) is 2.80. The molecule has 96 valence electrons. The largest absolute Gasteiger partial charge is 0.398 e. The van der Waals surface area contributed by atoms with Crippen molar-refractivity contribution in [2.45, 2.75) is 0 Å². The first-order valence-corrected chi connectivity index (χ1v) is 6.39. The van der Waals surface area contributed by atoms with Gasteiger partial charge in [0, 0.05) is 10.2 Å². The number of nitrogens with two attached hydrogens (primary N) is 1. The molecule has 2 rings (SSSR count). The molecule has 0 heterocycles. The van der Waals surface area contributed by atoms with Gasteiger partial charge in [0.05, 0.1) is 11.8 Å². The van der Waals surface area contributed by atoms with Gasteiger partial charge in [-0.1, -0.05) is 40.2 Å². The minimum atomic E-state index is -0.327. The van der Waals surface area contributed by atoms with E-state index in [-0.39, 0.29) is 5.91 Å². The first-order valence-electron chi connectivity index (χ1n) is 5.60. The Kier molecular flexibility index (Phi) is 4.30. The van der Waals surface area contributed by atoms with Crippen molar-refractivity contribution in [2.75, 3.05) is 5.73 Å². The number of para-hydroxylation sites is 1. The Bertz CT molecular complexity index is 608. The Hall–Kier alpha value is -2.14. The normalized spacial score (nSPS) is 10.6. The zero-order valence-corrected chi connectivity index (χ0v) is 11.6. The molecule has 0 bridgehead atoms. The number of hydrogen-bond acceptors (Lipinski definition) is 3. The van der Waals surface area contributed by atoms with Crippen molar-refractivity contribution in [1.82, 2.24) is 5.43 Å². The van der Waals surface area contributed by atoms with Crippen LogP contribution >= 0.6 is 15.9 Å². The molecule has 1 amide bonds. The summed E-state index contributed by atoms with van der Waals surface area (Å²) in [6.07, 6.45) is 1.57. The van der Waals surface area contributed by atoms with Crippen LogP contribution in [0.5, 0.6) is 0 Å². The molecule has 0 radical (unpaired) electrons. The number of rotatable bonds is 3. The third kappa shape index (κ3) is 3.66. The fraction of sp³-hybridized carbons (Fsp3) is 0. The predicted molar refractivity (Wildman–Crippen MR) is 80.1 cm³/mol. The third-order valence-corrected chi connectivity index (χ3v) is 2.98. The summed E-state index contributed by atoms with van der Waals surface area (Å²) in [6.45, 7) is 0. The summed E-state index contributed by atoms with van der Waals surface area (Å²) in [5, 5.41) is 3.89. The lowest BCUT2D eigenvalue weighted by atomic mass is 10.2. The fourth-order valence-electron chi connectivity index (χ4n) is 1.48. The van der Waals surface area contributed by atoms with Crippen molar-refractivity contribution in [3.05, 3.63) is 64.1 Å². The van der Waals surface area contributed by atoms with E-state index < -0.39 is 0 Å². The Morgan fingerprint density at radius 2 is 1.84 bits per heavy atom. The van der Waals surface area contributed by atoms with Crippen LogP contribution in [0.2, 0.25) is 0 Å². The number of nitrogens with one attached hydrogen (secondary N) is 1. The van der Waals surface area contributed by atoms with Crippen molar-refractivity contribution in [2.24, 2.45) is 5.10 Å². The van der Waals surface area contributed by atoms with Gasteiger partial charge in [-0.05, 0) is 29.8 Å². The molecule has 0 aromatic heterocycles. The van der Waals surface area contributed by atoms with Crippen LogP contribution in [0.1, 0.15) is 15.9 Å². The lowest BCUT2D eigenvalue weighted by Gasteiger charge is -2.02. The summed E-state index contributed by atoms with van der Waals surface area (Å²) in [7, 11) is 0. The summed E-state index contributed by atoms with van der Waals surface area (Å²) in [5.41, 5.74) is 9.88. The minimum Gasteiger partial charge on any atom is -0.398 e. The number of benzene rings is 2. The van der Waals surface area contributed by atoms with E-state index in [0.29, 0.717) is 11.3 Å². The number of amides is 1. The monoisotopic (exact) mass is 317 g/mol. The maximum atomic E-state index is 11.8. The third-order valence-electron chi connectivity index (χ3n) is 2.46. The van der Waals surface area contributed by atoms with Gasteiger partial charge in [0.1, 0.15) is 0 Å².